The molecule has 9 nitrogen and oxygen atoms in total. The van der Waals surface area contributed by atoms with Crippen LogP contribution < -0.4 is 23.8 Å². The fourth-order valence-electron chi connectivity index (χ4n) is 4.98. The Morgan fingerprint density at radius 1 is 1.07 bits per heavy atom. The minimum Gasteiger partial charge on any atom is -0.507 e. The summed E-state index contributed by atoms with van der Waals surface area (Å²) in [6.07, 6.45) is 1.85. The molecule has 1 atom stereocenters. The molecule has 216 valence electrons. The highest BCUT2D eigenvalue weighted by Crippen LogP contribution is 2.46. The Hall–Kier alpha value is -4.28. The van der Waals surface area contributed by atoms with Crippen LogP contribution >= 0.6 is 22.9 Å². The smallest absolute Gasteiger partial charge is 0.301 e. The average Bonchev–Trinajstić information content (AvgIpc) is 3.54. The minimum atomic E-state index is -1.01. The Morgan fingerprint density at radius 3 is 2.67 bits per heavy atom. The van der Waals surface area contributed by atoms with E-state index in [2.05, 4.69) is 11.9 Å². The lowest BCUT2D eigenvalue weighted by atomic mass is 9.95. The highest BCUT2D eigenvalue weighted by molar-refractivity contribution is 7.22. The number of methoxy groups -OCH3 is 1. The van der Waals surface area contributed by atoms with Crippen molar-refractivity contribution in [2.45, 2.75) is 25.8 Å². The summed E-state index contributed by atoms with van der Waals surface area (Å²) in [5, 5.41) is 12.4. The summed E-state index contributed by atoms with van der Waals surface area (Å²) in [6, 6.07) is 14.3. The van der Waals surface area contributed by atoms with Crippen molar-refractivity contribution < 1.29 is 33.6 Å². The van der Waals surface area contributed by atoms with Gasteiger partial charge in [0.05, 0.1) is 35.5 Å². The number of benzene rings is 3. The number of thiazole rings is 1. The maximum atomic E-state index is 13.7. The van der Waals surface area contributed by atoms with E-state index in [1.165, 1.54) is 23.3 Å². The number of fused-ring (bicyclic) bond motifs is 2. The standard InChI is InChI=1S/C31H27ClN2O7S/c1-3-4-11-39-21-9-5-17(14-23(21)38-2)27-26(28(35)18-6-10-22-24(15-18)41-13-12-40-22)29(36)30(37)34(27)31-33-20-8-7-19(32)16-25(20)42-31/h5-10,14-16,27,35H,3-4,11-13H2,1-2H3. The van der Waals surface area contributed by atoms with Crippen LogP contribution in [-0.2, 0) is 9.59 Å². The third kappa shape index (κ3) is 5.01. The number of carbonyl (C=O) groups is 2. The van der Waals surface area contributed by atoms with Crippen LogP contribution in [0.1, 0.15) is 36.9 Å². The zero-order valence-electron chi connectivity index (χ0n) is 22.9. The van der Waals surface area contributed by atoms with E-state index in [9.17, 15) is 14.7 Å². The lowest BCUT2D eigenvalue weighted by Crippen LogP contribution is -2.29. The second-order valence-corrected chi connectivity index (χ2v) is 11.2. The molecule has 6 rings (SSSR count). The first kappa shape index (κ1) is 27.9. The lowest BCUT2D eigenvalue weighted by molar-refractivity contribution is -0.132. The maximum absolute atomic E-state index is 13.7. The first-order valence-corrected chi connectivity index (χ1v) is 14.7. The second-order valence-electron chi connectivity index (χ2n) is 9.75. The number of unbranched alkanes of at least 4 members (excludes halogenated alkanes) is 1. The van der Waals surface area contributed by atoms with Gasteiger partial charge in [-0.3, -0.25) is 14.5 Å². The quantitative estimate of drug-likeness (QED) is 0.104. The van der Waals surface area contributed by atoms with Gasteiger partial charge in [0.1, 0.15) is 19.0 Å². The third-order valence-corrected chi connectivity index (χ3v) is 8.32. The first-order chi connectivity index (χ1) is 20.4. The van der Waals surface area contributed by atoms with E-state index >= 15 is 0 Å². The molecule has 42 heavy (non-hydrogen) atoms. The van der Waals surface area contributed by atoms with Crippen molar-refractivity contribution in [2.24, 2.45) is 0 Å². The molecule has 0 bridgehead atoms. The Morgan fingerprint density at radius 2 is 1.88 bits per heavy atom. The number of aliphatic hydroxyl groups is 1. The maximum Gasteiger partial charge on any atom is 0.301 e. The van der Waals surface area contributed by atoms with Crippen molar-refractivity contribution in [1.82, 2.24) is 4.98 Å². The highest BCUT2D eigenvalue weighted by Gasteiger charge is 2.48. The molecule has 0 aliphatic carbocycles. The van der Waals surface area contributed by atoms with Crippen LogP contribution in [0.3, 0.4) is 0 Å². The number of ketones is 1. The number of aliphatic hydroxyl groups excluding tert-OH is 1. The zero-order valence-corrected chi connectivity index (χ0v) is 24.5. The summed E-state index contributed by atoms with van der Waals surface area (Å²) in [4.78, 5) is 33.3. The number of Topliss-reactive ketones (excluding diaryl/α,β-unsaturated/α-hetero) is 1. The van der Waals surface area contributed by atoms with Gasteiger partial charge in [0, 0.05) is 10.6 Å². The third-order valence-electron chi connectivity index (χ3n) is 7.06. The number of amides is 1. The molecule has 0 saturated carbocycles. The zero-order chi connectivity index (χ0) is 29.4. The van der Waals surface area contributed by atoms with Crippen molar-refractivity contribution in [3.05, 3.63) is 76.3 Å². The van der Waals surface area contributed by atoms with E-state index in [1.54, 1.807) is 54.6 Å². The summed E-state index contributed by atoms with van der Waals surface area (Å²) in [6.45, 7) is 3.36. The summed E-state index contributed by atoms with van der Waals surface area (Å²) < 4.78 is 23.6. The normalized spacial score (nSPS) is 17.6. The molecule has 3 heterocycles. The molecule has 1 unspecified atom stereocenters. The van der Waals surface area contributed by atoms with E-state index in [0.717, 1.165) is 17.5 Å². The first-order valence-electron chi connectivity index (χ1n) is 13.5. The van der Waals surface area contributed by atoms with Crippen molar-refractivity contribution in [3.63, 3.8) is 0 Å². The molecule has 11 heteroatoms. The molecular formula is C31H27ClN2O7S. The van der Waals surface area contributed by atoms with Gasteiger partial charge < -0.3 is 24.1 Å². The van der Waals surface area contributed by atoms with Crippen molar-refractivity contribution in [2.75, 3.05) is 31.8 Å². The van der Waals surface area contributed by atoms with Gasteiger partial charge in [-0.25, -0.2) is 4.98 Å². The number of rotatable bonds is 8. The van der Waals surface area contributed by atoms with E-state index in [4.69, 9.17) is 30.5 Å². The number of nitrogens with zero attached hydrogens (tertiary/aromatic N) is 2. The van der Waals surface area contributed by atoms with Crippen LogP contribution in [0, 0.1) is 0 Å². The minimum absolute atomic E-state index is 0.0873. The highest BCUT2D eigenvalue weighted by atomic mass is 35.5. The van der Waals surface area contributed by atoms with Crippen molar-refractivity contribution >= 4 is 55.7 Å². The predicted molar refractivity (Wildman–Crippen MR) is 160 cm³/mol. The van der Waals surface area contributed by atoms with Crippen molar-refractivity contribution in [3.8, 4) is 23.0 Å². The monoisotopic (exact) mass is 606 g/mol. The molecule has 3 aromatic carbocycles. The van der Waals surface area contributed by atoms with Crippen molar-refractivity contribution in [1.29, 1.82) is 0 Å². The van der Waals surface area contributed by atoms with Gasteiger partial charge in [0.25, 0.3) is 5.78 Å². The van der Waals surface area contributed by atoms with Crippen LogP contribution in [0.4, 0.5) is 5.13 Å². The molecule has 2 aliphatic heterocycles. The molecular weight excluding hydrogens is 580 g/mol. The molecule has 1 N–H and O–H groups in total. The molecule has 1 fully saturated rings. The number of halogens is 1. The van der Waals surface area contributed by atoms with Gasteiger partial charge in [0.15, 0.2) is 28.1 Å². The molecule has 1 amide bonds. The van der Waals surface area contributed by atoms with Gasteiger partial charge >= 0.3 is 5.91 Å². The predicted octanol–water partition coefficient (Wildman–Crippen LogP) is 6.53. The fraction of sp³-hybridized carbons (Fsp3) is 0.258. The number of aromatic nitrogens is 1. The van der Waals surface area contributed by atoms with Crippen LogP contribution in [0.15, 0.2) is 60.2 Å². The average molecular weight is 607 g/mol. The molecule has 0 spiro atoms. The molecule has 1 aromatic heterocycles. The number of carbonyl (C=O) groups excluding carboxylic acids is 2. The van der Waals surface area contributed by atoms with E-state index in [0.29, 0.717) is 69.6 Å². The largest absolute Gasteiger partial charge is 0.507 e. The molecule has 4 aromatic rings. The summed E-state index contributed by atoms with van der Waals surface area (Å²) >= 11 is 7.43. The summed E-state index contributed by atoms with van der Waals surface area (Å²) in [5.74, 6) is -0.0546. The Labute approximate surface area is 250 Å². The number of ether oxygens (including phenoxy) is 4. The van der Waals surface area contributed by atoms with Crippen LogP contribution in [-0.4, -0.2) is 48.7 Å². The van der Waals surface area contributed by atoms with Gasteiger partial charge in [-0.15, -0.1) is 0 Å². The fourth-order valence-corrected chi connectivity index (χ4v) is 6.25. The Bertz CT molecular complexity index is 1730. The van der Waals surface area contributed by atoms with Gasteiger partial charge in [-0.05, 0) is 60.5 Å². The Kier molecular flexibility index (Phi) is 7.66. The van der Waals surface area contributed by atoms with Crippen LogP contribution in [0.5, 0.6) is 23.0 Å². The molecule has 2 aliphatic rings. The summed E-state index contributed by atoms with van der Waals surface area (Å²) in [7, 11) is 1.52. The SMILES string of the molecule is CCCCOc1ccc(C2C(=C(O)c3ccc4c(c3)OCCO4)C(=O)C(=O)N2c2nc3ccc(Cl)cc3s2)cc1OC. The lowest BCUT2D eigenvalue weighted by Gasteiger charge is -2.24. The second kappa shape index (κ2) is 11.5. The van der Waals surface area contributed by atoms with E-state index < -0.39 is 17.7 Å². The number of hydrogen-bond donors (Lipinski definition) is 1. The van der Waals surface area contributed by atoms with Gasteiger partial charge in [-0.1, -0.05) is 42.3 Å². The van der Waals surface area contributed by atoms with Gasteiger partial charge in [0.2, 0.25) is 0 Å². The van der Waals surface area contributed by atoms with E-state index in [1.807, 2.05) is 0 Å². The molecule has 0 radical (unpaired) electrons. The van der Waals surface area contributed by atoms with Crippen LogP contribution in [0.25, 0.3) is 16.0 Å². The number of anilines is 1. The topological polar surface area (TPSA) is 107 Å². The number of hydrogen-bond acceptors (Lipinski definition) is 9. The Balaban J connectivity index is 1.51. The van der Waals surface area contributed by atoms with E-state index in [-0.39, 0.29) is 11.3 Å². The van der Waals surface area contributed by atoms with Crippen LogP contribution in [0.2, 0.25) is 5.02 Å². The van der Waals surface area contributed by atoms with Gasteiger partial charge in [-0.2, -0.15) is 0 Å². The summed E-state index contributed by atoms with van der Waals surface area (Å²) in [5.41, 5.74) is 1.38. The molecule has 1 saturated heterocycles.